The van der Waals surface area contributed by atoms with E-state index in [2.05, 4.69) is 69.1 Å². The highest BCUT2D eigenvalue weighted by atomic mass is 16.6. The molecule has 1 aliphatic rings. The summed E-state index contributed by atoms with van der Waals surface area (Å²) in [5.74, 6) is -14.0. The third kappa shape index (κ3) is 41.8. The van der Waals surface area contributed by atoms with Crippen molar-refractivity contribution >= 4 is 101 Å². The number of nitrogens with zero attached hydrogens (tertiary/aromatic N) is 3. The van der Waals surface area contributed by atoms with Gasteiger partial charge < -0.3 is 133 Å². The van der Waals surface area contributed by atoms with Gasteiger partial charge in [0.1, 0.15) is 55.1 Å². The van der Waals surface area contributed by atoms with Crippen molar-refractivity contribution in [2.75, 3.05) is 127 Å². The topological polar surface area (TPSA) is 624 Å². The van der Waals surface area contributed by atoms with Crippen molar-refractivity contribution in [3.63, 3.8) is 0 Å². The lowest BCUT2D eigenvalue weighted by Crippen LogP contribution is -2.59. The van der Waals surface area contributed by atoms with Gasteiger partial charge in [0, 0.05) is 79.7 Å². The number of ether oxygens (including phenoxy) is 5. The number of carboxylic acids is 1. The Kier molecular flexibility index (Phi) is 51.5. The Balaban J connectivity index is 1.99. The molecule has 1 heterocycles. The van der Waals surface area contributed by atoms with Crippen molar-refractivity contribution in [1.82, 2.24) is 83.8 Å². The van der Waals surface area contributed by atoms with Gasteiger partial charge in [0.05, 0.1) is 108 Å². The molecule has 19 N–H and O–H groups in total. The summed E-state index contributed by atoms with van der Waals surface area (Å²) < 4.78 is 27.9. The van der Waals surface area contributed by atoms with E-state index in [1.165, 1.54) is 21.1 Å². The predicted molar refractivity (Wildman–Crippen MR) is 452 cm³/mol. The standard InChI is InChI=1S/C82H138N16O28/c1-17-48(6)70(97(14)78(117)68(46(2)3)95-77(116)69(47(4)5)96(12)13)58(122-15)37-67(110)98-32-21-25-55(98)73(123-16)49(7)74(113)94-52(35-51-23-19-18-20-24-51)75(114)84-29-22-33-125-80(120)50(8)91-62(105)36-53(79(118)119)92-61(104)27-31-85-81(121)126-44-54(76(115)90-38-56(100)71(111)72(112)57(101)43-99)93-66(109)42-89-65(108)41-88-64(107)40-87-63(106)39-86-59(102)26-30-83-60(103)28-34-124-45-82(9,10)11/h18-20,23-24,46-50,52-58,68-73,99-101,111-112H,17,21-22,25-45H2,1-16H3,(H,83,103)(H,84,114)(H,85,121)(H,86,102)(H,87,106)(H,88,107)(H,89,108)(H,90,115)(H,91,105)(H,92,104)(H,93,109)(H,94,113)(H,95,116)(H,118,119)/t48-,49+,50?,52-,53?,54?,55-,56-,57+,58+,68-,69-,70-,71+,72+,73+/m0/s1. The molecule has 0 saturated carbocycles. The second-order valence-electron chi connectivity index (χ2n) is 33.0. The van der Waals surface area contributed by atoms with Crippen molar-refractivity contribution in [1.29, 1.82) is 0 Å². The SMILES string of the molecule is CC[C@H](C)[C@@H]([C@@H](CC(=O)N1CCC[C@H]1[C@H](OC)[C@@H](C)C(=O)N[C@@H](Cc1ccccc1)C(=O)NCCCOC(=O)C(C)NC(=O)CC(NC(=O)CCNC(=O)OCC(NC(=O)CNC(=O)CNC(=O)CNC(=O)CNC(=O)CCNC(=O)CCOCC(C)(C)C)C(=O)NC[C@H](O)[C@@H](O)[C@H](O)[C@H](O)CO)C(=O)O)OC)N(C)C(=O)[C@@H](NC(=O)[C@H](C(C)C)N(C)C)C(C)C. The molecule has 1 saturated heterocycles. The van der Waals surface area contributed by atoms with E-state index in [1.54, 1.807) is 54.1 Å². The number of aliphatic hydroxyl groups excluding tert-OH is 5. The number of aliphatic carboxylic acids is 1. The van der Waals surface area contributed by atoms with Crippen LogP contribution in [0.4, 0.5) is 4.79 Å². The third-order valence-corrected chi connectivity index (χ3v) is 20.4. The predicted octanol–water partition coefficient (Wildman–Crippen LogP) is -5.55. The molecule has 15 amide bonds. The van der Waals surface area contributed by atoms with Gasteiger partial charge in [-0.1, -0.05) is 106 Å². The number of benzene rings is 1. The fourth-order valence-electron chi connectivity index (χ4n) is 13.4. The molecule has 0 aromatic heterocycles. The van der Waals surface area contributed by atoms with Crippen molar-refractivity contribution in [2.24, 2.45) is 29.1 Å². The minimum absolute atomic E-state index is 0.0148. The number of likely N-dealkylation sites (tertiary alicyclic amines) is 1. The quantitative estimate of drug-likeness (QED) is 0.0214. The van der Waals surface area contributed by atoms with Crippen molar-refractivity contribution in [3.05, 3.63) is 35.9 Å². The lowest BCUT2D eigenvalue weighted by Gasteiger charge is -2.41. The number of carbonyl (C=O) groups is 17. The highest BCUT2D eigenvalue weighted by Crippen LogP contribution is 2.30. The molecule has 0 radical (unpaired) electrons. The molecular weight excluding hydrogens is 1660 g/mol. The van der Waals surface area contributed by atoms with Crippen molar-refractivity contribution < 1.29 is 136 Å². The summed E-state index contributed by atoms with van der Waals surface area (Å²) in [6, 6.07) is 0.105. The normalized spacial score (nSPS) is 16.2. The van der Waals surface area contributed by atoms with Crippen LogP contribution >= 0.6 is 0 Å². The van der Waals surface area contributed by atoms with Crippen LogP contribution < -0.4 is 69.1 Å². The van der Waals surface area contributed by atoms with Crippen LogP contribution in [-0.4, -0.2) is 358 Å². The first-order valence-electron chi connectivity index (χ1n) is 42.1. The number of alkyl carbamates (subject to hydrolysis) is 1. The maximum Gasteiger partial charge on any atom is 0.407 e. The van der Waals surface area contributed by atoms with E-state index in [1.807, 2.05) is 81.3 Å². The second-order valence-corrected chi connectivity index (χ2v) is 33.0. The van der Waals surface area contributed by atoms with Crippen molar-refractivity contribution in [2.45, 2.75) is 225 Å². The van der Waals surface area contributed by atoms with Crippen LogP contribution in [0.15, 0.2) is 30.3 Å². The van der Waals surface area contributed by atoms with Gasteiger partial charge in [0.2, 0.25) is 82.7 Å². The lowest BCUT2D eigenvalue weighted by atomic mass is 9.89. The maximum atomic E-state index is 14.6. The van der Waals surface area contributed by atoms with Gasteiger partial charge in [-0.05, 0) is 69.0 Å². The monoisotopic (exact) mass is 1790 g/mol. The highest BCUT2D eigenvalue weighted by molar-refractivity contribution is 5.95. The molecule has 0 aliphatic carbocycles. The van der Waals surface area contributed by atoms with Gasteiger partial charge in [-0.2, -0.15) is 0 Å². The Bertz CT molecular complexity index is 3680. The summed E-state index contributed by atoms with van der Waals surface area (Å²) in [4.78, 5) is 228. The molecule has 16 atom stereocenters. The molecule has 2 rings (SSSR count). The van der Waals surface area contributed by atoms with E-state index >= 15 is 0 Å². The van der Waals surface area contributed by atoms with Crippen LogP contribution in [0, 0.1) is 29.1 Å². The van der Waals surface area contributed by atoms with Crippen LogP contribution in [0.5, 0.6) is 0 Å². The molecule has 0 bridgehead atoms. The van der Waals surface area contributed by atoms with Gasteiger partial charge >= 0.3 is 18.0 Å². The first kappa shape index (κ1) is 112. The highest BCUT2D eigenvalue weighted by Gasteiger charge is 2.44. The number of rotatable bonds is 59. The number of nitrogens with one attached hydrogen (secondary N) is 13. The average molecular weight is 1800 g/mol. The summed E-state index contributed by atoms with van der Waals surface area (Å²) in [5.41, 5.74) is 0.632. The molecule has 714 valence electrons. The number of hydrogen-bond donors (Lipinski definition) is 19. The van der Waals surface area contributed by atoms with E-state index in [9.17, 15) is 107 Å². The number of aliphatic hydroxyl groups is 5. The number of amides is 15. The first-order valence-corrected chi connectivity index (χ1v) is 42.1. The molecule has 44 heteroatoms. The Morgan fingerprint density at radius 3 is 1.68 bits per heavy atom. The molecule has 1 aliphatic heterocycles. The first-order chi connectivity index (χ1) is 59.2. The Morgan fingerprint density at radius 2 is 1.13 bits per heavy atom. The molecule has 0 spiro atoms. The molecule has 44 nitrogen and oxygen atoms in total. The summed E-state index contributed by atoms with van der Waals surface area (Å²) in [6.07, 6.45) is -11.1. The average Bonchev–Trinajstić information content (AvgIpc) is 1.58. The van der Waals surface area contributed by atoms with Gasteiger partial charge in [0.15, 0.2) is 0 Å². The smallest absolute Gasteiger partial charge is 0.407 e. The molecule has 1 aromatic rings. The zero-order valence-electron chi connectivity index (χ0n) is 75.3. The zero-order chi connectivity index (χ0) is 95.3. The van der Waals surface area contributed by atoms with Crippen LogP contribution in [0.2, 0.25) is 0 Å². The minimum Gasteiger partial charge on any atom is -0.480 e. The summed E-state index contributed by atoms with van der Waals surface area (Å²) in [7, 11) is 8.20. The van der Waals surface area contributed by atoms with E-state index in [0.717, 1.165) is 0 Å². The minimum atomic E-state index is -2.15. The van der Waals surface area contributed by atoms with Gasteiger partial charge in [0.25, 0.3) is 0 Å². The number of methoxy groups -OCH3 is 2. The van der Waals surface area contributed by atoms with Crippen LogP contribution in [0.1, 0.15) is 140 Å². The van der Waals surface area contributed by atoms with Gasteiger partial charge in [-0.15, -0.1) is 0 Å². The van der Waals surface area contributed by atoms with Gasteiger partial charge in [-0.3, -0.25) is 72.0 Å². The molecule has 1 fully saturated rings. The summed E-state index contributed by atoms with van der Waals surface area (Å²) >= 11 is 0. The van der Waals surface area contributed by atoms with Crippen LogP contribution in [0.3, 0.4) is 0 Å². The van der Waals surface area contributed by atoms with Crippen LogP contribution in [-0.2, 0) is 107 Å². The molecule has 1 aromatic carbocycles. The Hall–Kier alpha value is -10.3. The van der Waals surface area contributed by atoms with Crippen LogP contribution in [0.25, 0.3) is 0 Å². The second kappa shape index (κ2) is 58.1. The fraction of sp³-hybridized carbons (Fsp3) is 0.720. The number of esters is 1. The van der Waals surface area contributed by atoms with E-state index in [0.29, 0.717) is 38.0 Å². The number of carbonyl (C=O) groups excluding carboxylic acids is 16. The largest absolute Gasteiger partial charge is 0.480 e. The number of carboxylic acid groups (broad SMARTS) is 1. The summed E-state index contributed by atoms with van der Waals surface area (Å²) in [5, 5.41) is 90.1. The third-order valence-electron chi connectivity index (χ3n) is 20.4. The number of hydrogen-bond acceptors (Lipinski definition) is 28. The van der Waals surface area contributed by atoms with E-state index < -0.39 is 233 Å². The fourth-order valence-corrected chi connectivity index (χ4v) is 13.4. The summed E-state index contributed by atoms with van der Waals surface area (Å²) in [6.45, 7) is 14.6. The Labute approximate surface area is 735 Å². The van der Waals surface area contributed by atoms with E-state index in [-0.39, 0.29) is 105 Å². The Morgan fingerprint density at radius 1 is 0.563 bits per heavy atom. The van der Waals surface area contributed by atoms with E-state index in [4.69, 9.17) is 28.8 Å². The molecular formula is C82H138N16O28. The maximum absolute atomic E-state index is 14.6. The molecule has 126 heavy (non-hydrogen) atoms. The van der Waals surface area contributed by atoms with Crippen molar-refractivity contribution in [3.8, 4) is 0 Å². The zero-order valence-corrected chi connectivity index (χ0v) is 75.3. The number of likely N-dealkylation sites (N-methyl/N-ethyl adjacent to an activating group) is 2. The van der Waals surface area contributed by atoms with Gasteiger partial charge in [-0.25, -0.2) is 14.4 Å². The molecule has 3 unspecified atom stereocenters. The lowest BCUT2D eigenvalue weighted by molar-refractivity contribution is -0.148.